The third-order valence-corrected chi connectivity index (χ3v) is 5.28. The molecule has 21 heavy (non-hydrogen) atoms. The number of nitrogens with zero attached hydrogens (tertiary/aromatic N) is 3. The lowest BCUT2D eigenvalue weighted by molar-refractivity contribution is 0.0785. The number of aromatic nitrogens is 3. The van der Waals surface area contributed by atoms with Gasteiger partial charge < -0.3 is 4.90 Å². The molecule has 112 valence electrons. The molecule has 1 N–H and O–H groups in total. The molecule has 2 aromatic rings. The van der Waals surface area contributed by atoms with Crippen LogP contribution in [-0.4, -0.2) is 53.8 Å². The largest absolute Gasteiger partial charge is 0.337 e. The molecule has 1 unspecified atom stereocenters. The molecule has 1 fully saturated rings. The van der Waals surface area contributed by atoms with Gasteiger partial charge in [-0.25, -0.2) is 13.4 Å². The summed E-state index contributed by atoms with van der Waals surface area (Å²) < 4.78 is 23.4. The Morgan fingerprint density at radius 1 is 1.52 bits per heavy atom. The number of carbonyl (C=O) groups is 1. The van der Waals surface area contributed by atoms with Gasteiger partial charge in [0.25, 0.3) is 5.91 Å². The fourth-order valence-electron chi connectivity index (χ4n) is 2.53. The second-order valence-electron chi connectivity index (χ2n) is 5.03. The van der Waals surface area contributed by atoms with Crippen molar-refractivity contribution < 1.29 is 13.2 Å². The summed E-state index contributed by atoms with van der Waals surface area (Å²) in [6.45, 7) is 1.06. The fourth-order valence-corrected chi connectivity index (χ4v) is 3.92. The Hall–Kier alpha value is -1.74. The van der Waals surface area contributed by atoms with Crippen LogP contribution in [0.3, 0.4) is 0 Å². The van der Waals surface area contributed by atoms with Crippen molar-refractivity contribution in [1.29, 1.82) is 0 Å². The second-order valence-corrected chi connectivity index (χ2v) is 7.73. The van der Waals surface area contributed by atoms with Crippen LogP contribution in [0.2, 0.25) is 0 Å². The van der Waals surface area contributed by atoms with Crippen molar-refractivity contribution in [1.82, 2.24) is 20.1 Å². The van der Waals surface area contributed by atoms with Crippen molar-refractivity contribution in [2.24, 2.45) is 0 Å². The topological polar surface area (TPSA) is 96.0 Å². The summed E-state index contributed by atoms with van der Waals surface area (Å²) in [6.07, 6.45) is 3.20. The van der Waals surface area contributed by atoms with E-state index in [9.17, 15) is 13.2 Å². The number of thiazole rings is 1. The molecule has 0 saturated carbocycles. The van der Waals surface area contributed by atoms with E-state index < -0.39 is 9.84 Å². The van der Waals surface area contributed by atoms with Crippen LogP contribution in [0.4, 0.5) is 0 Å². The molecule has 1 atom stereocenters. The molecule has 2 aromatic heterocycles. The molecule has 1 aliphatic rings. The van der Waals surface area contributed by atoms with Gasteiger partial charge in [0.15, 0.2) is 9.84 Å². The number of hydrogen-bond donors (Lipinski definition) is 1. The van der Waals surface area contributed by atoms with Crippen LogP contribution >= 0.6 is 11.3 Å². The zero-order chi connectivity index (χ0) is 15.0. The third kappa shape index (κ3) is 2.70. The van der Waals surface area contributed by atoms with E-state index in [1.165, 1.54) is 17.5 Å². The van der Waals surface area contributed by atoms with Crippen LogP contribution in [0.15, 0.2) is 22.0 Å². The number of likely N-dealkylation sites (tertiary alicyclic amines) is 1. The Morgan fingerprint density at radius 3 is 3.00 bits per heavy atom. The average Bonchev–Trinajstić information content (AvgIpc) is 3.16. The van der Waals surface area contributed by atoms with Gasteiger partial charge in [-0.05, 0) is 6.42 Å². The molecular formula is C12H14N4O3S2. The number of H-pyrrole nitrogens is 1. The van der Waals surface area contributed by atoms with Gasteiger partial charge in [-0.3, -0.25) is 9.89 Å². The van der Waals surface area contributed by atoms with E-state index in [-0.39, 0.29) is 16.7 Å². The first-order valence-corrected chi connectivity index (χ1v) is 9.21. The Balaban J connectivity index is 1.79. The Kier molecular flexibility index (Phi) is 3.54. The SMILES string of the molecule is CS(=O)(=O)c1cn[nH]c1C1CCN(C(=O)c2cscn2)C1. The first kappa shape index (κ1) is 14.2. The number of nitrogens with one attached hydrogen (secondary N) is 1. The molecule has 0 aliphatic carbocycles. The molecule has 0 radical (unpaired) electrons. The number of hydrogen-bond acceptors (Lipinski definition) is 6. The van der Waals surface area contributed by atoms with Crippen molar-refractivity contribution in [3.8, 4) is 0 Å². The predicted molar refractivity (Wildman–Crippen MR) is 77.1 cm³/mol. The number of sulfone groups is 1. The van der Waals surface area contributed by atoms with E-state index in [0.29, 0.717) is 30.9 Å². The van der Waals surface area contributed by atoms with E-state index in [2.05, 4.69) is 15.2 Å². The predicted octanol–water partition coefficient (Wildman–Crippen LogP) is 0.899. The van der Waals surface area contributed by atoms with E-state index in [1.807, 2.05) is 0 Å². The highest BCUT2D eigenvalue weighted by atomic mass is 32.2. The van der Waals surface area contributed by atoms with Crippen LogP contribution in [0, 0.1) is 0 Å². The molecule has 3 heterocycles. The van der Waals surface area contributed by atoms with Crippen LogP contribution in [-0.2, 0) is 9.84 Å². The lowest BCUT2D eigenvalue weighted by Crippen LogP contribution is -2.28. The summed E-state index contributed by atoms with van der Waals surface area (Å²) in [5.41, 5.74) is 2.65. The van der Waals surface area contributed by atoms with Gasteiger partial charge in [0.05, 0.1) is 17.4 Å². The molecular weight excluding hydrogens is 312 g/mol. The highest BCUT2D eigenvalue weighted by Crippen LogP contribution is 2.30. The standard InChI is InChI=1S/C12H14N4O3S2/c1-21(18,19)10-4-14-15-11(10)8-2-3-16(5-8)12(17)9-6-20-7-13-9/h4,6-8H,2-3,5H2,1H3,(H,14,15). The summed E-state index contributed by atoms with van der Waals surface area (Å²) in [6, 6.07) is 0. The van der Waals surface area contributed by atoms with Crippen LogP contribution in [0.1, 0.15) is 28.5 Å². The van der Waals surface area contributed by atoms with E-state index in [0.717, 1.165) is 6.26 Å². The third-order valence-electron chi connectivity index (χ3n) is 3.57. The van der Waals surface area contributed by atoms with Crippen molar-refractivity contribution in [3.05, 3.63) is 28.5 Å². The minimum atomic E-state index is -3.32. The summed E-state index contributed by atoms with van der Waals surface area (Å²) in [5.74, 6) is -0.154. The number of aromatic amines is 1. The Labute approximate surface area is 125 Å². The van der Waals surface area contributed by atoms with Crippen molar-refractivity contribution in [3.63, 3.8) is 0 Å². The molecule has 3 rings (SSSR count). The summed E-state index contributed by atoms with van der Waals surface area (Å²) in [7, 11) is -3.32. The number of amides is 1. The minimum absolute atomic E-state index is 0.0418. The smallest absolute Gasteiger partial charge is 0.273 e. The van der Waals surface area contributed by atoms with Gasteiger partial charge in [-0.1, -0.05) is 0 Å². The molecule has 9 heteroatoms. The van der Waals surface area contributed by atoms with E-state index in [1.54, 1.807) is 15.8 Å². The highest BCUT2D eigenvalue weighted by Gasteiger charge is 2.32. The molecule has 1 aliphatic heterocycles. The van der Waals surface area contributed by atoms with Crippen LogP contribution < -0.4 is 0 Å². The monoisotopic (exact) mass is 326 g/mol. The molecule has 0 spiro atoms. The quantitative estimate of drug-likeness (QED) is 0.904. The zero-order valence-corrected chi connectivity index (χ0v) is 12.9. The molecule has 0 aromatic carbocycles. The number of rotatable bonds is 3. The summed E-state index contributed by atoms with van der Waals surface area (Å²) >= 11 is 1.38. The first-order valence-electron chi connectivity index (χ1n) is 6.37. The zero-order valence-electron chi connectivity index (χ0n) is 11.3. The van der Waals surface area contributed by atoms with Gasteiger partial charge in [0.1, 0.15) is 10.6 Å². The van der Waals surface area contributed by atoms with Gasteiger partial charge in [-0.15, -0.1) is 11.3 Å². The maximum atomic E-state index is 12.2. The van der Waals surface area contributed by atoms with Gasteiger partial charge >= 0.3 is 0 Å². The average molecular weight is 326 g/mol. The summed E-state index contributed by atoms with van der Waals surface area (Å²) in [5, 5.41) is 8.32. The number of carbonyl (C=O) groups excluding carboxylic acids is 1. The maximum absolute atomic E-state index is 12.2. The van der Waals surface area contributed by atoms with Crippen LogP contribution in [0.5, 0.6) is 0 Å². The Morgan fingerprint density at radius 2 is 2.33 bits per heavy atom. The second kappa shape index (κ2) is 5.23. The first-order chi connectivity index (χ1) is 9.97. The van der Waals surface area contributed by atoms with Gasteiger partial charge in [0, 0.05) is 30.6 Å². The Bertz CT molecular complexity index is 751. The highest BCUT2D eigenvalue weighted by molar-refractivity contribution is 7.90. The molecule has 7 nitrogen and oxygen atoms in total. The van der Waals surface area contributed by atoms with Crippen molar-refractivity contribution in [2.45, 2.75) is 17.2 Å². The van der Waals surface area contributed by atoms with Crippen LogP contribution in [0.25, 0.3) is 0 Å². The molecule has 1 amide bonds. The van der Waals surface area contributed by atoms with Gasteiger partial charge in [0.2, 0.25) is 0 Å². The summed E-state index contributed by atoms with van der Waals surface area (Å²) in [4.78, 5) is 18.2. The molecule has 0 bridgehead atoms. The lowest BCUT2D eigenvalue weighted by atomic mass is 10.1. The molecule has 1 saturated heterocycles. The minimum Gasteiger partial charge on any atom is -0.337 e. The normalized spacial score (nSPS) is 19.1. The van der Waals surface area contributed by atoms with E-state index in [4.69, 9.17) is 0 Å². The van der Waals surface area contributed by atoms with E-state index >= 15 is 0 Å². The maximum Gasteiger partial charge on any atom is 0.273 e. The van der Waals surface area contributed by atoms with Crippen molar-refractivity contribution in [2.75, 3.05) is 19.3 Å². The lowest BCUT2D eigenvalue weighted by Gasteiger charge is -2.15. The fraction of sp³-hybridized carbons (Fsp3) is 0.417. The van der Waals surface area contributed by atoms with Crippen molar-refractivity contribution >= 4 is 27.1 Å². The van der Waals surface area contributed by atoms with Gasteiger partial charge in [-0.2, -0.15) is 5.10 Å².